The lowest BCUT2D eigenvalue weighted by Gasteiger charge is -2.01. The Morgan fingerprint density at radius 3 is 2.00 bits per heavy atom. The highest BCUT2D eigenvalue weighted by atomic mass is 79.9. The first-order valence-corrected chi connectivity index (χ1v) is 11.5. The van der Waals surface area contributed by atoms with Crippen molar-refractivity contribution in [3.8, 4) is 0 Å². The summed E-state index contributed by atoms with van der Waals surface area (Å²) >= 11 is 0. The molecule has 3 aromatic heterocycles. The molecule has 0 saturated heterocycles. The van der Waals surface area contributed by atoms with E-state index in [4.69, 9.17) is 8.83 Å². The Morgan fingerprint density at radius 2 is 1.39 bits per heavy atom. The van der Waals surface area contributed by atoms with Crippen molar-refractivity contribution in [2.24, 2.45) is 0 Å². The summed E-state index contributed by atoms with van der Waals surface area (Å²) in [5.41, 5.74) is 3.27. The Balaban J connectivity index is 0.00000267. The van der Waals surface area contributed by atoms with Crippen LogP contribution >= 0.6 is 0 Å². The summed E-state index contributed by atoms with van der Waals surface area (Å²) in [6.07, 6.45) is 7.91. The van der Waals surface area contributed by atoms with Gasteiger partial charge >= 0.3 is 0 Å². The highest BCUT2D eigenvalue weighted by molar-refractivity contribution is 5.95. The minimum absolute atomic E-state index is 0. The third-order valence-corrected chi connectivity index (χ3v) is 6.06. The Hall–Kier alpha value is -4.16. The fourth-order valence-corrected chi connectivity index (χ4v) is 4.27. The smallest absolute Gasteiger partial charge is 0.244 e. The second kappa shape index (κ2) is 10.2. The van der Waals surface area contributed by atoms with E-state index in [0.29, 0.717) is 18.7 Å². The molecule has 5 nitrogen and oxygen atoms in total. The molecule has 0 aliphatic carbocycles. The van der Waals surface area contributed by atoms with Gasteiger partial charge in [0.25, 0.3) is 0 Å². The summed E-state index contributed by atoms with van der Waals surface area (Å²) in [6.45, 7) is 0.886. The van der Waals surface area contributed by atoms with Gasteiger partial charge in [0.05, 0.1) is 5.57 Å². The number of imidazole rings is 1. The third kappa shape index (κ3) is 4.81. The van der Waals surface area contributed by atoms with Crippen LogP contribution in [0, 0.1) is 0 Å². The normalized spacial score (nSPS) is 10.9. The van der Waals surface area contributed by atoms with Crippen LogP contribution in [0.25, 0.3) is 27.5 Å². The molecule has 0 saturated carbocycles. The van der Waals surface area contributed by atoms with E-state index in [9.17, 15) is 4.79 Å². The molecule has 3 heterocycles. The van der Waals surface area contributed by atoms with E-state index in [-0.39, 0.29) is 22.8 Å². The molecule has 0 fully saturated rings. The van der Waals surface area contributed by atoms with Crippen molar-refractivity contribution in [1.82, 2.24) is 4.57 Å². The molecule has 3 aromatic carbocycles. The van der Waals surface area contributed by atoms with Gasteiger partial charge in [-0.15, -0.1) is 0 Å². The van der Waals surface area contributed by atoms with Gasteiger partial charge in [0.1, 0.15) is 41.6 Å². The second-order valence-electron chi connectivity index (χ2n) is 8.49. The SMILES string of the molecule is O=C(C[n+]1ccn(CC=C(c2cc3ccccc3o2)c2cc3ccccc3o2)c1)c1ccccc1.[Br-]. The fourth-order valence-electron chi connectivity index (χ4n) is 4.27. The number of hydrogen-bond donors (Lipinski definition) is 0. The van der Waals surface area contributed by atoms with Crippen LogP contribution in [0.4, 0.5) is 0 Å². The van der Waals surface area contributed by atoms with Crippen LogP contribution < -0.4 is 21.5 Å². The van der Waals surface area contributed by atoms with Gasteiger partial charge in [-0.2, -0.15) is 0 Å². The van der Waals surface area contributed by atoms with Crippen molar-refractivity contribution < 1.29 is 35.2 Å². The number of nitrogens with zero attached hydrogens (tertiary/aromatic N) is 2. The molecule has 0 aliphatic heterocycles. The van der Waals surface area contributed by atoms with Crippen LogP contribution in [-0.2, 0) is 13.1 Å². The van der Waals surface area contributed by atoms with Crippen molar-refractivity contribution in [3.05, 3.63) is 133 Å². The molecular weight excluding hydrogens is 516 g/mol. The Labute approximate surface area is 218 Å². The molecule has 0 unspecified atom stereocenters. The number of fused-ring (bicyclic) bond motifs is 2. The van der Waals surface area contributed by atoms with Gasteiger partial charge < -0.3 is 25.8 Å². The lowest BCUT2D eigenvalue weighted by Crippen LogP contribution is -3.00. The molecule has 0 bridgehead atoms. The molecule has 0 amide bonds. The van der Waals surface area contributed by atoms with E-state index in [0.717, 1.165) is 39.0 Å². The van der Waals surface area contributed by atoms with Gasteiger partial charge in [-0.3, -0.25) is 4.79 Å². The quantitative estimate of drug-likeness (QED) is 0.231. The summed E-state index contributed by atoms with van der Waals surface area (Å²) < 4.78 is 16.3. The molecule has 0 N–H and O–H groups in total. The number of Topliss-reactive ketones (excluding diaryl/α,β-unsaturated/α-hetero) is 1. The van der Waals surface area contributed by atoms with E-state index in [1.165, 1.54) is 0 Å². The molecule has 6 aromatic rings. The van der Waals surface area contributed by atoms with Gasteiger partial charge in [-0.1, -0.05) is 66.7 Å². The molecule has 36 heavy (non-hydrogen) atoms. The van der Waals surface area contributed by atoms with Gasteiger partial charge in [-0.25, -0.2) is 9.13 Å². The maximum Gasteiger partial charge on any atom is 0.244 e. The summed E-state index contributed by atoms with van der Waals surface area (Å²) in [7, 11) is 0. The first kappa shape index (κ1) is 23.6. The zero-order chi connectivity index (χ0) is 23.6. The fraction of sp³-hybridized carbons (Fsp3) is 0.0667. The van der Waals surface area contributed by atoms with Gasteiger partial charge in [-0.05, 0) is 30.3 Å². The van der Waals surface area contributed by atoms with Crippen molar-refractivity contribution in [1.29, 1.82) is 0 Å². The summed E-state index contributed by atoms with van der Waals surface area (Å²) in [5.74, 6) is 1.59. The number of furan rings is 2. The van der Waals surface area contributed by atoms with E-state index in [2.05, 4.69) is 6.08 Å². The van der Waals surface area contributed by atoms with Crippen molar-refractivity contribution >= 4 is 33.3 Å². The monoisotopic (exact) mass is 538 g/mol. The number of carbonyl (C=O) groups is 1. The Bertz CT molecular complexity index is 1530. The number of carbonyl (C=O) groups excluding carboxylic acids is 1. The van der Waals surface area contributed by atoms with Crippen LogP contribution in [0.5, 0.6) is 0 Å². The van der Waals surface area contributed by atoms with Crippen LogP contribution in [0.15, 0.2) is 125 Å². The number of rotatable bonds is 7. The summed E-state index contributed by atoms with van der Waals surface area (Å²) in [4.78, 5) is 12.6. The lowest BCUT2D eigenvalue weighted by atomic mass is 10.1. The number of para-hydroxylation sites is 2. The molecule has 6 rings (SSSR count). The average molecular weight is 539 g/mol. The number of aromatic nitrogens is 2. The van der Waals surface area contributed by atoms with Crippen LogP contribution in [0.3, 0.4) is 0 Å². The second-order valence-corrected chi connectivity index (χ2v) is 8.49. The standard InChI is InChI=1S/C30H23N2O3.BrH/c33-26(22-8-2-1-3-9-22)20-32-17-16-31(21-32)15-14-25(29-18-23-10-4-6-12-27(23)34-29)30-19-24-11-5-7-13-28(24)35-30;/h1-14,16-19,21H,15,20H2;1H/q+1;/p-1. The molecular formula is C30H23BrN2O3. The van der Waals surface area contributed by atoms with Crippen LogP contribution in [0.1, 0.15) is 21.9 Å². The van der Waals surface area contributed by atoms with Gasteiger partial charge in [0.15, 0.2) is 6.54 Å². The lowest BCUT2D eigenvalue weighted by molar-refractivity contribution is -0.682. The van der Waals surface area contributed by atoms with Crippen molar-refractivity contribution in [3.63, 3.8) is 0 Å². The first-order chi connectivity index (χ1) is 17.2. The zero-order valence-electron chi connectivity index (χ0n) is 19.4. The van der Waals surface area contributed by atoms with Crippen molar-refractivity contribution in [2.75, 3.05) is 0 Å². The van der Waals surface area contributed by atoms with E-state index < -0.39 is 0 Å². The summed E-state index contributed by atoms with van der Waals surface area (Å²) in [5, 5.41) is 2.09. The molecule has 6 heteroatoms. The minimum Gasteiger partial charge on any atom is -1.00 e. The number of hydrogen-bond acceptors (Lipinski definition) is 3. The molecule has 0 spiro atoms. The third-order valence-electron chi connectivity index (χ3n) is 6.06. The molecule has 178 valence electrons. The number of halogens is 1. The Morgan fingerprint density at radius 1 is 0.806 bits per heavy atom. The maximum atomic E-state index is 12.6. The first-order valence-electron chi connectivity index (χ1n) is 11.5. The average Bonchev–Trinajstić information content (AvgIpc) is 3.63. The van der Waals surface area contributed by atoms with Gasteiger partial charge in [0.2, 0.25) is 12.1 Å². The number of ketones is 1. The minimum atomic E-state index is 0. The predicted molar refractivity (Wildman–Crippen MR) is 135 cm³/mol. The number of benzene rings is 3. The Kier molecular flexibility index (Phi) is 6.69. The largest absolute Gasteiger partial charge is 1.00 e. The zero-order valence-corrected chi connectivity index (χ0v) is 21.0. The highest BCUT2D eigenvalue weighted by Gasteiger charge is 2.17. The van der Waals surface area contributed by atoms with E-state index in [1.807, 2.05) is 119 Å². The molecule has 0 aliphatic rings. The summed E-state index contributed by atoms with van der Waals surface area (Å²) in [6, 6.07) is 29.4. The van der Waals surface area contributed by atoms with Crippen molar-refractivity contribution in [2.45, 2.75) is 13.1 Å². The van der Waals surface area contributed by atoms with Gasteiger partial charge in [0, 0.05) is 16.3 Å². The highest BCUT2D eigenvalue weighted by Crippen LogP contribution is 2.32. The van der Waals surface area contributed by atoms with Crippen LogP contribution in [-0.4, -0.2) is 10.4 Å². The molecule has 0 radical (unpaired) electrons. The topological polar surface area (TPSA) is 52.2 Å². The molecule has 0 atom stereocenters. The van der Waals surface area contributed by atoms with Crippen LogP contribution in [0.2, 0.25) is 0 Å². The van der Waals surface area contributed by atoms with E-state index >= 15 is 0 Å². The maximum absolute atomic E-state index is 12.6. The number of allylic oxidation sites excluding steroid dienone is 1. The predicted octanol–water partition coefficient (Wildman–Crippen LogP) is 3.29. The van der Waals surface area contributed by atoms with E-state index in [1.54, 1.807) is 0 Å².